The zero-order valence-corrected chi connectivity index (χ0v) is 6.25. The lowest BCUT2D eigenvalue weighted by molar-refractivity contribution is 0.492. The zero-order valence-electron chi connectivity index (χ0n) is 4.67. The van der Waals surface area contributed by atoms with Crippen LogP contribution in [0.2, 0.25) is 0 Å². The van der Waals surface area contributed by atoms with Crippen LogP contribution < -0.4 is 0 Å². The van der Waals surface area contributed by atoms with Gasteiger partial charge in [-0.3, -0.25) is 0 Å². The second-order valence-corrected chi connectivity index (χ2v) is 2.53. The van der Waals surface area contributed by atoms with Crippen molar-refractivity contribution in [1.29, 1.82) is 0 Å². The Morgan fingerprint density at radius 1 is 0.900 bits per heavy atom. The lowest BCUT2D eigenvalue weighted by Gasteiger charge is -1.94. The van der Waals surface area contributed by atoms with Gasteiger partial charge in [-0.05, 0) is 22.0 Å². The molecule has 0 heterocycles. The van der Waals surface area contributed by atoms with Gasteiger partial charge in [0.15, 0.2) is 11.6 Å². The van der Waals surface area contributed by atoms with Gasteiger partial charge in [0.2, 0.25) is 0 Å². The summed E-state index contributed by atoms with van der Waals surface area (Å²) in [6.07, 6.45) is 0. The molecule has 4 heteroatoms. The highest BCUT2D eigenvalue weighted by molar-refractivity contribution is 9.10. The predicted molar refractivity (Wildman–Crippen MR) is 34.0 cm³/mol. The van der Waals surface area contributed by atoms with Crippen molar-refractivity contribution in [1.82, 2.24) is 0 Å². The fourth-order valence-corrected chi connectivity index (χ4v) is 0.814. The molecule has 0 aliphatic rings. The largest absolute Gasteiger partial charge is 0.206 e. The molecule has 0 aromatic heterocycles. The third-order valence-corrected chi connectivity index (χ3v) is 1.57. The Bertz CT molecular complexity index is 209. The number of rotatable bonds is 0. The molecule has 0 nitrogen and oxygen atoms in total. The van der Waals surface area contributed by atoms with Gasteiger partial charge in [0.1, 0.15) is 5.82 Å². The Labute approximate surface area is 63.8 Å². The highest BCUT2D eigenvalue weighted by atomic mass is 79.9. The maximum atomic E-state index is 12.3. The quantitative estimate of drug-likeness (QED) is 0.578. The minimum atomic E-state index is -1.18. The summed E-state index contributed by atoms with van der Waals surface area (Å²) in [5.74, 6) is -3.05. The van der Waals surface area contributed by atoms with Crippen molar-refractivity contribution in [3.63, 3.8) is 0 Å². The van der Waals surface area contributed by atoms with Gasteiger partial charge >= 0.3 is 0 Å². The maximum absolute atomic E-state index is 12.3. The molecule has 0 unspecified atom stereocenters. The van der Waals surface area contributed by atoms with Crippen LogP contribution in [0.4, 0.5) is 13.2 Å². The molecule has 0 spiro atoms. The molecule has 1 aromatic rings. The third kappa shape index (κ3) is 1.31. The molecule has 0 amide bonds. The summed E-state index contributed by atoms with van der Waals surface area (Å²) in [5, 5.41) is 0. The van der Waals surface area contributed by atoms with Crippen molar-refractivity contribution < 1.29 is 13.2 Å². The molecule has 0 N–H and O–H groups in total. The van der Waals surface area contributed by atoms with Crippen molar-refractivity contribution in [3.8, 4) is 0 Å². The van der Waals surface area contributed by atoms with Crippen LogP contribution in [-0.4, -0.2) is 0 Å². The van der Waals surface area contributed by atoms with Crippen LogP contribution in [0.5, 0.6) is 0 Å². The van der Waals surface area contributed by atoms with E-state index in [1.807, 2.05) is 0 Å². The van der Waals surface area contributed by atoms with Crippen LogP contribution in [0.3, 0.4) is 0 Å². The Morgan fingerprint density at radius 2 is 1.40 bits per heavy atom. The van der Waals surface area contributed by atoms with Crippen LogP contribution in [0.1, 0.15) is 0 Å². The summed E-state index contributed by atoms with van der Waals surface area (Å²) in [7, 11) is 0. The second-order valence-electron chi connectivity index (χ2n) is 1.68. The highest BCUT2D eigenvalue weighted by Crippen LogP contribution is 2.18. The Morgan fingerprint density at radius 3 is 1.90 bits per heavy atom. The first kappa shape index (κ1) is 7.60. The number of benzene rings is 1. The maximum Gasteiger partial charge on any atom is 0.161 e. The molecule has 1 rings (SSSR count). The average Bonchev–Trinajstić information content (AvgIpc) is 1.84. The Hall–Kier alpha value is -0.510. The molecule has 0 saturated heterocycles. The number of hydrogen-bond donors (Lipinski definition) is 0. The van der Waals surface area contributed by atoms with Crippen LogP contribution >= 0.6 is 15.9 Å². The van der Waals surface area contributed by atoms with E-state index in [4.69, 9.17) is 0 Å². The van der Waals surface area contributed by atoms with E-state index in [1.54, 1.807) is 0 Å². The van der Waals surface area contributed by atoms with Gasteiger partial charge in [-0.2, -0.15) is 0 Å². The normalized spacial score (nSPS) is 10.0. The zero-order chi connectivity index (χ0) is 7.72. The first-order chi connectivity index (χ1) is 4.61. The van der Waals surface area contributed by atoms with Crippen LogP contribution in [0.15, 0.2) is 16.6 Å². The molecule has 10 heavy (non-hydrogen) atoms. The molecule has 0 aliphatic heterocycles. The smallest absolute Gasteiger partial charge is 0.161 e. The molecule has 0 bridgehead atoms. The Kier molecular flexibility index (Phi) is 1.99. The van der Waals surface area contributed by atoms with E-state index in [2.05, 4.69) is 15.9 Å². The summed E-state index contributed by atoms with van der Waals surface area (Å²) in [4.78, 5) is 0. The molecule has 0 aliphatic carbocycles. The SMILES string of the molecule is Fc1cc(F)c(Br)cc1F. The monoisotopic (exact) mass is 210 g/mol. The average molecular weight is 211 g/mol. The third-order valence-electron chi connectivity index (χ3n) is 0.963. The Balaban J connectivity index is 3.28. The van der Waals surface area contributed by atoms with Crippen molar-refractivity contribution in [3.05, 3.63) is 34.1 Å². The lowest BCUT2D eigenvalue weighted by atomic mass is 10.3. The van der Waals surface area contributed by atoms with E-state index in [1.165, 1.54) is 0 Å². The standard InChI is InChI=1S/C6H2BrF3/c7-3-1-5(9)6(10)2-4(3)8/h1-2H. The van der Waals surface area contributed by atoms with Crippen molar-refractivity contribution in [2.24, 2.45) is 0 Å². The van der Waals surface area contributed by atoms with E-state index in [-0.39, 0.29) is 4.47 Å². The first-order valence-electron chi connectivity index (χ1n) is 2.41. The number of halogens is 4. The lowest BCUT2D eigenvalue weighted by Crippen LogP contribution is -1.86. The molecular weight excluding hydrogens is 209 g/mol. The molecule has 1 aromatic carbocycles. The van der Waals surface area contributed by atoms with Gasteiger partial charge < -0.3 is 0 Å². The van der Waals surface area contributed by atoms with E-state index >= 15 is 0 Å². The molecule has 54 valence electrons. The summed E-state index contributed by atoms with van der Waals surface area (Å²) in [6, 6.07) is 1.23. The summed E-state index contributed by atoms with van der Waals surface area (Å²) < 4.78 is 36.5. The molecule has 0 atom stereocenters. The van der Waals surface area contributed by atoms with Crippen molar-refractivity contribution in [2.75, 3.05) is 0 Å². The van der Waals surface area contributed by atoms with E-state index in [9.17, 15) is 13.2 Å². The summed E-state index contributed by atoms with van der Waals surface area (Å²) in [6.45, 7) is 0. The van der Waals surface area contributed by atoms with Crippen LogP contribution in [-0.2, 0) is 0 Å². The van der Waals surface area contributed by atoms with Gasteiger partial charge in [0.25, 0.3) is 0 Å². The minimum absolute atomic E-state index is 0.0774. The minimum Gasteiger partial charge on any atom is -0.206 e. The number of hydrogen-bond acceptors (Lipinski definition) is 0. The van der Waals surface area contributed by atoms with Gasteiger partial charge in [0.05, 0.1) is 4.47 Å². The van der Waals surface area contributed by atoms with Crippen LogP contribution in [0.25, 0.3) is 0 Å². The first-order valence-corrected chi connectivity index (χ1v) is 3.20. The van der Waals surface area contributed by atoms with Gasteiger partial charge in [0, 0.05) is 6.07 Å². The summed E-state index contributed by atoms with van der Waals surface area (Å²) in [5.41, 5.74) is 0. The van der Waals surface area contributed by atoms with Gasteiger partial charge in [-0.1, -0.05) is 0 Å². The fraction of sp³-hybridized carbons (Fsp3) is 0. The van der Waals surface area contributed by atoms with Gasteiger partial charge in [-0.15, -0.1) is 0 Å². The molecule has 0 radical (unpaired) electrons. The molecule has 0 fully saturated rings. The molecular formula is C6H2BrF3. The van der Waals surface area contributed by atoms with E-state index in [0.717, 1.165) is 6.07 Å². The topological polar surface area (TPSA) is 0 Å². The van der Waals surface area contributed by atoms with E-state index < -0.39 is 17.5 Å². The van der Waals surface area contributed by atoms with Crippen molar-refractivity contribution >= 4 is 15.9 Å². The second kappa shape index (κ2) is 2.62. The van der Waals surface area contributed by atoms with Crippen LogP contribution in [0, 0.1) is 17.5 Å². The van der Waals surface area contributed by atoms with E-state index in [0.29, 0.717) is 6.07 Å². The highest BCUT2D eigenvalue weighted by Gasteiger charge is 2.06. The fourth-order valence-electron chi connectivity index (χ4n) is 0.498. The predicted octanol–water partition coefficient (Wildman–Crippen LogP) is 2.87. The molecule has 0 saturated carbocycles. The van der Waals surface area contributed by atoms with Gasteiger partial charge in [-0.25, -0.2) is 13.2 Å². The van der Waals surface area contributed by atoms with Crippen molar-refractivity contribution in [2.45, 2.75) is 0 Å². The summed E-state index contributed by atoms with van der Waals surface area (Å²) >= 11 is 2.70.